The molecule has 0 bridgehead atoms. The average Bonchev–Trinajstić information content (AvgIpc) is 4.26. The Morgan fingerprint density at radius 1 is 0.159 bits per heavy atom. The summed E-state index contributed by atoms with van der Waals surface area (Å²) in [7, 11) is 12.6. The zero-order valence-corrected chi connectivity index (χ0v) is 51.4. The third kappa shape index (κ3) is 80.3. The van der Waals surface area contributed by atoms with Crippen molar-refractivity contribution >= 4 is 105 Å². The predicted molar refractivity (Wildman–Crippen MR) is 317 cm³/mol. The molecule has 12 aliphatic heterocycles. The van der Waals surface area contributed by atoms with Gasteiger partial charge in [0.05, 0.1) is 159 Å². The minimum Gasteiger partial charge on any atom is -0.907 e. The van der Waals surface area contributed by atoms with Crippen molar-refractivity contribution in [3.63, 3.8) is 0 Å². The maximum Gasteiger partial charge on any atom is 0.192 e. The van der Waals surface area contributed by atoms with Gasteiger partial charge in [-0.2, -0.15) is 0 Å². The second-order valence-electron chi connectivity index (χ2n) is 17.2. The largest absolute Gasteiger partial charge is 0.907 e. The summed E-state index contributed by atoms with van der Waals surface area (Å²) < 4.78 is 0. The van der Waals surface area contributed by atoms with Crippen molar-refractivity contribution in [2.24, 2.45) is 59.9 Å². The zero-order chi connectivity index (χ0) is 67.2. The quantitative estimate of drug-likeness (QED) is 0.101. The molecule has 0 aromatic heterocycles. The minimum absolute atomic E-state index is 1.23. The summed E-state index contributed by atoms with van der Waals surface area (Å²) in [6.07, 6.45) is 67.1. The molecule has 0 aromatic rings. The zero-order valence-electron chi connectivity index (χ0n) is 51.4. The molecule has 12 heterocycles. The van der Waals surface area contributed by atoms with E-state index < -0.39 is 29.3 Å². The van der Waals surface area contributed by atoms with E-state index in [0.29, 0.717) is 0 Å². The first-order valence-electron chi connectivity index (χ1n) is 26.0. The highest BCUT2D eigenvalue weighted by Gasteiger charge is 1.97. The molecule has 0 radical (unpaired) electrons. The molecule has 12 unspecified atom stereocenters. The Labute approximate surface area is 516 Å². The summed E-state index contributed by atoms with van der Waals surface area (Å²) in [6.45, 7) is 0. The smallest absolute Gasteiger partial charge is 0.192 e. The van der Waals surface area contributed by atoms with E-state index in [1.165, 1.54) is 58.8 Å². The normalized spacial score (nSPS) is 25.1. The van der Waals surface area contributed by atoms with Crippen LogP contribution in [0.25, 0.3) is 0 Å². The molecule has 36 nitrogen and oxygen atoms in total. The van der Waals surface area contributed by atoms with E-state index >= 15 is 0 Å². The summed E-state index contributed by atoms with van der Waals surface area (Å²) in [5.41, 5.74) is 0. The molecule has 0 fully saturated rings. The van der Waals surface area contributed by atoms with Gasteiger partial charge in [-0.1, -0.05) is 0 Å². The molecule has 0 saturated carbocycles. The highest BCUT2D eigenvalue weighted by molar-refractivity contribution is 6.24. The lowest BCUT2D eigenvalue weighted by Crippen LogP contribution is -3.01. The molecule has 0 amide bonds. The van der Waals surface area contributed by atoms with Crippen LogP contribution >= 0.6 is 0 Å². The van der Waals surface area contributed by atoms with Gasteiger partial charge in [-0.05, 0) is 0 Å². The van der Waals surface area contributed by atoms with Crippen molar-refractivity contribution < 1.29 is 119 Å². The number of quaternary nitrogens is 12. The van der Waals surface area contributed by atoms with Crippen LogP contribution in [0.5, 0.6) is 0 Å². The maximum atomic E-state index is 8.42. The number of nitrogens with zero attached hydrogens (tertiary/aromatic N) is 12. The van der Waals surface area contributed by atoms with E-state index in [0.717, 1.165) is 0 Å². The van der Waals surface area contributed by atoms with Crippen molar-refractivity contribution in [3.8, 4) is 0 Å². The third-order valence-electron chi connectivity index (χ3n) is 8.42. The summed E-state index contributed by atoms with van der Waals surface area (Å²) >= 11 is 0. The van der Waals surface area contributed by atoms with E-state index in [1.54, 1.807) is 74.4 Å². The van der Waals surface area contributed by atoms with Gasteiger partial charge < -0.3 is 60.3 Å². The Hall–Kier alpha value is -7.78. The number of rotatable bonds is 0. The fourth-order valence-electron chi connectivity index (χ4n) is 4.37. The predicted octanol–water partition coefficient (Wildman–Crippen LogP) is -27.6. The molecule has 12 aliphatic rings. The van der Waals surface area contributed by atoms with Crippen molar-refractivity contribution in [2.45, 2.75) is 0 Å². The van der Waals surface area contributed by atoms with E-state index in [9.17, 15) is 0 Å². The van der Waals surface area contributed by atoms with Gasteiger partial charge in [0.15, 0.2) is 76.1 Å². The average molecular weight is 1230 g/mol. The second-order valence-corrected chi connectivity index (χ2v) is 17.2. The molecule has 0 aromatic carbocycles. The molecule has 0 aliphatic carbocycles. The topological polar surface area (TPSA) is 478 Å². The van der Waals surface area contributed by atoms with Gasteiger partial charge in [0, 0.05) is 0 Å². The van der Waals surface area contributed by atoms with Crippen LogP contribution in [0.15, 0.2) is 209 Å². The van der Waals surface area contributed by atoms with Crippen LogP contribution in [0.4, 0.5) is 0 Å². The highest BCUT2D eigenvalue weighted by atomic mass is 16.5. The lowest BCUT2D eigenvalue weighted by atomic mass is 10.3. The first-order valence-corrected chi connectivity index (χ1v) is 26.0. The lowest BCUT2D eigenvalue weighted by molar-refractivity contribution is -0.710. The van der Waals surface area contributed by atoms with Gasteiger partial charge in [-0.15, -0.1) is 0 Å². The Bertz CT molecular complexity index is 1780. The van der Waals surface area contributed by atoms with Crippen molar-refractivity contribution in [2.75, 3.05) is 84.6 Å². The Kier molecular flexibility index (Phi) is 61.3. The lowest BCUT2D eigenvalue weighted by Gasteiger charge is -2.35. The molecule has 40 heteroatoms. The van der Waals surface area contributed by atoms with Crippen molar-refractivity contribution in [1.29, 1.82) is 0 Å². The van der Waals surface area contributed by atoms with E-state index in [4.69, 9.17) is 60.3 Å². The number of aliphatic imine (C=N–C) groups is 12. The van der Waals surface area contributed by atoms with Gasteiger partial charge in [-0.25, -0.2) is 59.9 Å². The monoisotopic (exact) mass is 1230 g/mol. The second kappa shape index (κ2) is 62.3. The van der Waals surface area contributed by atoms with Gasteiger partial charge in [0.25, 0.3) is 0 Å². The Morgan fingerprint density at radius 2 is 0.216 bits per heavy atom. The summed E-state index contributed by atoms with van der Waals surface area (Å²) in [5.74, 6) is 0. The molecular formula is C48H84B4N24O12. The number of hydrogen-bond acceptors (Lipinski definition) is 24. The van der Waals surface area contributed by atoms with E-state index in [1.807, 2.05) is 235 Å². The minimum atomic E-state index is -2.92. The van der Waals surface area contributed by atoms with Gasteiger partial charge in [0.2, 0.25) is 0 Å². The van der Waals surface area contributed by atoms with Gasteiger partial charge in [-0.3, -0.25) is 88.1 Å². The summed E-state index contributed by atoms with van der Waals surface area (Å²) in [4.78, 5) is 60.6. The van der Waals surface area contributed by atoms with Crippen molar-refractivity contribution in [1.82, 2.24) is 0 Å². The van der Waals surface area contributed by atoms with Crippen molar-refractivity contribution in [3.05, 3.63) is 149 Å². The number of nitrogens with one attached hydrogen (secondary N) is 12. The van der Waals surface area contributed by atoms with Crippen LogP contribution in [-0.2, 0) is 0 Å². The Balaban J connectivity index is -0.000000429. The molecule has 88 heavy (non-hydrogen) atoms. The molecule has 12 N–H and O–H groups in total. The molecule has 12 rings (SSSR count). The van der Waals surface area contributed by atoms with Crippen LogP contribution in [0.1, 0.15) is 0 Å². The standard InChI is InChI=1S/12C4H6N2.4BO3/c12*1-6-3-2-5-4-6;4*2-1(3)4/h12*2-4H,1H3;;;;/q;;;;;;;;;;;;4*-3/p+12. The number of hydrogen-bond donors (Lipinski definition) is 12. The molecule has 0 saturated heterocycles. The van der Waals surface area contributed by atoms with Gasteiger partial charge in [0.1, 0.15) is 74.4 Å². The highest BCUT2D eigenvalue weighted by Crippen LogP contribution is 1.71. The fourth-order valence-corrected chi connectivity index (χ4v) is 4.37. The van der Waals surface area contributed by atoms with Crippen LogP contribution in [-0.4, -0.2) is 190 Å². The van der Waals surface area contributed by atoms with Crippen LogP contribution < -0.4 is 119 Å². The van der Waals surface area contributed by atoms with E-state index in [-0.39, 0.29) is 0 Å². The van der Waals surface area contributed by atoms with Crippen LogP contribution in [0.3, 0.4) is 0 Å². The SMILES string of the molecule is C[NH+]1C=CN=C1.C[NH+]1C=CN=C1.C[NH+]1C=CN=C1.C[NH+]1C=CN=C1.C[NH+]1C=CN=C1.C[NH+]1C=CN=C1.C[NH+]1C=CN=C1.C[NH+]1C=CN=C1.C[NH+]1C=CN=C1.C[NH+]1C=CN=C1.C[NH+]1C=CN=C1.C[NH+]1C=CN=C1.[O-]B([O-])[O-].[O-]B([O-])[O-].[O-]B([O-])[O-].[O-]B([O-])[O-]. The third-order valence-corrected chi connectivity index (χ3v) is 8.42. The first kappa shape index (κ1) is 86.7. The van der Waals surface area contributed by atoms with Gasteiger partial charge >= 0.3 is 0 Å². The molecule has 480 valence electrons. The fraction of sp³-hybridized carbons (Fsp3) is 0.250. The molecule has 12 atom stereocenters. The first-order chi connectivity index (χ1) is 41.7. The Morgan fingerprint density at radius 3 is 0.227 bits per heavy atom. The van der Waals surface area contributed by atoms with E-state index in [2.05, 4.69) is 59.9 Å². The molecular weight excluding hydrogens is 1150 g/mol. The van der Waals surface area contributed by atoms with Crippen LogP contribution in [0, 0.1) is 0 Å². The summed E-state index contributed by atoms with van der Waals surface area (Å²) in [5, 5.41) is 101. The molecule has 0 spiro atoms. The summed E-state index contributed by atoms with van der Waals surface area (Å²) in [6, 6.07) is 0. The van der Waals surface area contributed by atoms with Crippen LogP contribution in [0.2, 0.25) is 0 Å². The maximum absolute atomic E-state index is 8.42.